The van der Waals surface area contributed by atoms with Crippen LogP contribution in [0.5, 0.6) is 5.75 Å². The van der Waals surface area contributed by atoms with E-state index < -0.39 is 0 Å². The summed E-state index contributed by atoms with van der Waals surface area (Å²) in [5.41, 5.74) is 4.41. The second-order valence-corrected chi connectivity index (χ2v) is 8.33. The highest BCUT2D eigenvalue weighted by atomic mass is 32.1. The van der Waals surface area contributed by atoms with E-state index in [1.165, 1.54) is 16.9 Å². The third-order valence-corrected chi connectivity index (χ3v) is 5.80. The minimum Gasteiger partial charge on any atom is -0.494 e. The van der Waals surface area contributed by atoms with Gasteiger partial charge >= 0.3 is 0 Å². The van der Waals surface area contributed by atoms with Crippen LogP contribution in [0, 0.1) is 20.8 Å². The van der Waals surface area contributed by atoms with Crippen LogP contribution in [0.25, 0.3) is 21.2 Å². The first-order chi connectivity index (χ1) is 14.0. The predicted octanol–water partition coefficient (Wildman–Crippen LogP) is 6.40. The standard InChI is InChI=1S/C23H24N2O3S/c1-5-6-9-27-16-7-8-18-17(12-16)20(15(4)28-18)22(26)25-23-24-21-14(3)10-13(2)11-19(21)29-23/h7-8,10-12H,5-6,9H2,1-4H3,(H,24,25,26). The van der Waals surface area contributed by atoms with Gasteiger partial charge in [-0.05, 0) is 62.6 Å². The molecule has 4 rings (SSSR count). The van der Waals surface area contributed by atoms with Gasteiger partial charge in [-0.2, -0.15) is 0 Å². The van der Waals surface area contributed by atoms with E-state index in [1.807, 2.05) is 25.1 Å². The number of anilines is 1. The van der Waals surface area contributed by atoms with Gasteiger partial charge < -0.3 is 9.15 Å². The molecule has 0 saturated heterocycles. The van der Waals surface area contributed by atoms with E-state index in [0.29, 0.717) is 28.6 Å². The van der Waals surface area contributed by atoms with Gasteiger partial charge in [0.15, 0.2) is 5.13 Å². The van der Waals surface area contributed by atoms with Gasteiger partial charge in [0.05, 0.1) is 22.4 Å². The highest BCUT2D eigenvalue weighted by molar-refractivity contribution is 7.22. The van der Waals surface area contributed by atoms with Crippen molar-refractivity contribution in [3.63, 3.8) is 0 Å². The van der Waals surface area contributed by atoms with Crippen molar-refractivity contribution < 1.29 is 13.9 Å². The molecule has 6 heteroatoms. The van der Waals surface area contributed by atoms with E-state index in [1.54, 1.807) is 6.92 Å². The van der Waals surface area contributed by atoms with Crippen LogP contribution in [0.15, 0.2) is 34.7 Å². The Morgan fingerprint density at radius 3 is 2.83 bits per heavy atom. The first kappa shape index (κ1) is 19.5. The number of amides is 1. The maximum Gasteiger partial charge on any atom is 0.261 e. The first-order valence-electron chi connectivity index (χ1n) is 9.81. The second kappa shape index (κ2) is 7.87. The molecule has 2 aromatic heterocycles. The lowest BCUT2D eigenvalue weighted by Gasteiger charge is -2.05. The number of hydrogen-bond donors (Lipinski definition) is 1. The predicted molar refractivity (Wildman–Crippen MR) is 118 cm³/mol. The molecule has 0 radical (unpaired) electrons. The molecule has 0 atom stereocenters. The molecule has 0 bridgehead atoms. The van der Waals surface area contributed by atoms with Crippen molar-refractivity contribution in [2.24, 2.45) is 0 Å². The number of carbonyl (C=O) groups is 1. The van der Waals surface area contributed by atoms with E-state index >= 15 is 0 Å². The molecular formula is C23H24N2O3S. The van der Waals surface area contributed by atoms with Gasteiger partial charge in [-0.3, -0.25) is 10.1 Å². The van der Waals surface area contributed by atoms with Gasteiger partial charge in [0.25, 0.3) is 5.91 Å². The van der Waals surface area contributed by atoms with Crippen LogP contribution in [0.1, 0.15) is 47.0 Å². The normalized spacial score (nSPS) is 11.3. The van der Waals surface area contributed by atoms with Crippen molar-refractivity contribution in [3.05, 3.63) is 52.8 Å². The van der Waals surface area contributed by atoms with Crippen molar-refractivity contribution in [1.82, 2.24) is 4.98 Å². The summed E-state index contributed by atoms with van der Waals surface area (Å²) in [6, 6.07) is 9.79. The van der Waals surface area contributed by atoms with Crippen molar-refractivity contribution in [3.8, 4) is 5.75 Å². The Labute approximate surface area is 173 Å². The van der Waals surface area contributed by atoms with Crippen LogP contribution in [0.2, 0.25) is 0 Å². The Morgan fingerprint density at radius 1 is 1.21 bits per heavy atom. The zero-order valence-corrected chi connectivity index (χ0v) is 17.9. The van der Waals surface area contributed by atoms with Gasteiger partial charge in [0, 0.05) is 5.39 Å². The average molecular weight is 409 g/mol. The zero-order valence-electron chi connectivity index (χ0n) is 17.1. The molecule has 150 valence electrons. The smallest absolute Gasteiger partial charge is 0.261 e. The molecule has 2 heterocycles. The van der Waals surface area contributed by atoms with Gasteiger partial charge in [-0.1, -0.05) is 30.7 Å². The zero-order chi connectivity index (χ0) is 20.5. The third kappa shape index (κ3) is 3.85. The number of nitrogens with zero attached hydrogens (tertiary/aromatic N) is 1. The fourth-order valence-corrected chi connectivity index (χ4v) is 4.53. The van der Waals surface area contributed by atoms with Crippen molar-refractivity contribution in [1.29, 1.82) is 0 Å². The quantitative estimate of drug-likeness (QED) is 0.375. The lowest BCUT2D eigenvalue weighted by atomic mass is 10.1. The molecular weight excluding hydrogens is 384 g/mol. The van der Waals surface area contributed by atoms with Crippen LogP contribution in [0.4, 0.5) is 5.13 Å². The fourth-order valence-electron chi connectivity index (χ4n) is 3.49. The number of aromatic nitrogens is 1. The van der Waals surface area contributed by atoms with Crippen LogP contribution < -0.4 is 10.1 Å². The Hall–Kier alpha value is -2.86. The number of carbonyl (C=O) groups excluding carboxylic acids is 1. The molecule has 0 aliphatic heterocycles. The maximum atomic E-state index is 13.1. The lowest BCUT2D eigenvalue weighted by Crippen LogP contribution is -2.12. The van der Waals surface area contributed by atoms with Gasteiger partial charge in [0.2, 0.25) is 0 Å². The van der Waals surface area contributed by atoms with Crippen LogP contribution in [-0.4, -0.2) is 17.5 Å². The summed E-state index contributed by atoms with van der Waals surface area (Å²) in [6.07, 6.45) is 2.06. The summed E-state index contributed by atoms with van der Waals surface area (Å²) in [5.74, 6) is 1.10. The molecule has 2 aromatic carbocycles. The van der Waals surface area contributed by atoms with E-state index in [0.717, 1.165) is 39.8 Å². The monoisotopic (exact) mass is 408 g/mol. The van der Waals surface area contributed by atoms with Crippen LogP contribution in [0.3, 0.4) is 0 Å². The SMILES string of the molecule is CCCCOc1ccc2oc(C)c(C(=O)Nc3nc4c(C)cc(C)cc4s3)c2c1. The summed E-state index contributed by atoms with van der Waals surface area (Å²) in [7, 11) is 0. The number of thiazole rings is 1. The second-order valence-electron chi connectivity index (χ2n) is 7.29. The van der Waals surface area contributed by atoms with Gasteiger partial charge in [-0.15, -0.1) is 0 Å². The number of rotatable bonds is 6. The van der Waals surface area contributed by atoms with Gasteiger partial charge in [0.1, 0.15) is 17.1 Å². The molecule has 0 spiro atoms. The van der Waals surface area contributed by atoms with E-state index in [9.17, 15) is 4.79 Å². The van der Waals surface area contributed by atoms with E-state index in [-0.39, 0.29) is 5.91 Å². The topological polar surface area (TPSA) is 64.4 Å². The first-order valence-corrected chi connectivity index (χ1v) is 10.6. The van der Waals surface area contributed by atoms with Crippen molar-refractivity contribution >= 4 is 43.6 Å². The Balaban J connectivity index is 1.65. The molecule has 0 aliphatic carbocycles. The molecule has 5 nitrogen and oxygen atoms in total. The number of hydrogen-bond acceptors (Lipinski definition) is 5. The molecule has 4 aromatic rings. The molecule has 0 saturated carbocycles. The Kier molecular flexibility index (Phi) is 5.28. The molecule has 0 aliphatic rings. The molecule has 0 unspecified atom stereocenters. The third-order valence-electron chi connectivity index (χ3n) is 4.88. The van der Waals surface area contributed by atoms with Crippen LogP contribution in [-0.2, 0) is 0 Å². The van der Waals surface area contributed by atoms with Crippen molar-refractivity contribution in [2.45, 2.75) is 40.5 Å². The number of aryl methyl sites for hydroxylation is 3. The van der Waals surface area contributed by atoms with Gasteiger partial charge in [-0.25, -0.2) is 4.98 Å². The highest BCUT2D eigenvalue weighted by Crippen LogP contribution is 2.32. The van der Waals surface area contributed by atoms with E-state index in [4.69, 9.17) is 9.15 Å². The molecule has 0 fully saturated rings. The Bertz CT molecular complexity index is 1210. The van der Waals surface area contributed by atoms with E-state index in [2.05, 4.69) is 36.3 Å². The average Bonchev–Trinajstić information content (AvgIpc) is 3.21. The van der Waals surface area contributed by atoms with Crippen molar-refractivity contribution in [2.75, 3.05) is 11.9 Å². The summed E-state index contributed by atoms with van der Waals surface area (Å²) in [6.45, 7) is 8.68. The summed E-state index contributed by atoms with van der Waals surface area (Å²) in [4.78, 5) is 17.7. The minimum atomic E-state index is -0.222. The number of ether oxygens (including phenoxy) is 1. The number of fused-ring (bicyclic) bond motifs is 2. The Morgan fingerprint density at radius 2 is 2.03 bits per heavy atom. The minimum absolute atomic E-state index is 0.222. The summed E-state index contributed by atoms with van der Waals surface area (Å²) >= 11 is 1.48. The fraction of sp³-hybridized carbons (Fsp3) is 0.304. The summed E-state index contributed by atoms with van der Waals surface area (Å²) < 4.78 is 12.7. The highest BCUT2D eigenvalue weighted by Gasteiger charge is 2.20. The lowest BCUT2D eigenvalue weighted by molar-refractivity contribution is 0.102. The number of benzene rings is 2. The largest absolute Gasteiger partial charge is 0.494 e. The number of nitrogens with one attached hydrogen (secondary N) is 1. The molecule has 1 amide bonds. The molecule has 29 heavy (non-hydrogen) atoms. The maximum absolute atomic E-state index is 13.1. The van der Waals surface area contributed by atoms with Crippen LogP contribution >= 0.6 is 11.3 Å². The number of furan rings is 1. The number of unbranched alkanes of at least 4 members (excludes halogenated alkanes) is 1. The molecule has 1 N–H and O–H groups in total. The summed E-state index contributed by atoms with van der Waals surface area (Å²) in [5, 5.41) is 4.29.